The number of aromatic nitrogens is 2. The van der Waals surface area contributed by atoms with Crippen LogP contribution in [0.4, 0.5) is 0 Å². The Balaban J connectivity index is 1.37. The van der Waals surface area contributed by atoms with Gasteiger partial charge in [-0.2, -0.15) is 10.4 Å². The number of fused-ring (bicyclic) bond motifs is 1. The molecule has 1 aromatic heterocycles. The van der Waals surface area contributed by atoms with Crippen LogP contribution in [0, 0.1) is 22.7 Å². The summed E-state index contributed by atoms with van der Waals surface area (Å²) in [5.41, 5.74) is 3.27. The molecule has 2 aliphatic heterocycles. The Morgan fingerprint density at radius 3 is 2.62 bits per heavy atom. The number of aryl methyl sites for hydroxylation is 1. The number of hydrogen-bond donors (Lipinski definition) is 0. The summed E-state index contributed by atoms with van der Waals surface area (Å²) >= 11 is 0. The van der Waals surface area contributed by atoms with Crippen molar-refractivity contribution in [3.05, 3.63) is 29.5 Å². The molecule has 5 nitrogen and oxygen atoms in total. The van der Waals surface area contributed by atoms with Gasteiger partial charge in [-0.15, -0.1) is 0 Å². The summed E-state index contributed by atoms with van der Waals surface area (Å²) < 4.78 is 1.94. The first-order valence-corrected chi connectivity index (χ1v) is 11.2. The van der Waals surface area contributed by atoms with Crippen LogP contribution in [-0.4, -0.2) is 32.7 Å². The number of carbonyl (C=O) groups is 1. The molecule has 4 bridgehead atoms. The fraction of sp³-hybridized carbons (Fsp3) is 0.625. The predicted molar refractivity (Wildman–Crippen MR) is 110 cm³/mol. The Hall–Kier alpha value is -2.35. The first-order chi connectivity index (χ1) is 14.0. The largest absolute Gasteiger partial charge is 0.336 e. The maximum Gasteiger partial charge on any atom is 0.232 e. The molecule has 2 saturated heterocycles. The van der Waals surface area contributed by atoms with E-state index in [1.54, 1.807) is 0 Å². The fourth-order valence-electron chi connectivity index (χ4n) is 6.87. The second-order valence-electron chi connectivity index (χ2n) is 10.1. The van der Waals surface area contributed by atoms with Crippen molar-refractivity contribution in [2.24, 2.45) is 18.4 Å². The van der Waals surface area contributed by atoms with Gasteiger partial charge >= 0.3 is 0 Å². The van der Waals surface area contributed by atoms with E-state index in [0.29, 0.717) is 11.8 Å². The third-order valence-corrected chi connectivity index (χ3v) is 8.16. The molecule has 3 aliphatic carbocycles. The van der Waals surface area contributed by atoms with Gasteiger partial charge in [0.25, 0.3) is 0 Å². The molecule has 5 aliphatic rings. The van der Waals surface area contributed by atoms with Crippen molar-refractivity contribution in [3.63, 3.8) is 0 Å². The Bertz CT molecular complexity index is 1040. The van der Waals surface area contributed by atoms with E-state index in [2.05, 4.69) is 29.2 Å². The van der Waals surface area contributed by atoms with Crippen molar-refractivity contribution in [1.29, 1.82) is 5.26 Å². The van der Waals surface area contributed by atoms with E-state index in [1.165, 1.54) is 23.8 Å². The topological polar surface area (TPSA) is 61.9 Å². The molecule has 0 N–H and O–H groups in total. The SMILES string of the molecule is CC(C(=O)N1C2CC3CC1CC(C#N)(C3)C2)c1nn(C)c2cccc(C3CC3)c12. The lowest BCUT2D eigenvalue weighted by Crippen LogP contribution is -2.63. The summed E-state index contributed by atoms with van der Waals surface area (Å²) in [6.45, 7) is 2.04. The lowest BCUT2D eigenvalue weighted by molar-refractivity contribution is -0.154. The number of nitrogens with zero attached hydrogens (tertiary/aromatic N) is 4. The fourth-order valence-corrected chi connectivity index (χ4v) is 6.87. The van der Waals surface area contributed by atoms with Crippen LogP contribution in [0.25, 0.3) is 10.9 Å². The minimum Gasteiger partial charge on any atom is -0.336 e. The first kappa shape index (κ1) is 17.5. The highest BCUT2D eigenvalue weighted by atomic mass is 16.2. The van der Waals surface area contributed by atoms with Crippen molar-refractivity contribution in [2.45, 2.75) is 75.8 Å². The van der Waals surface area contributed by atoms with Gasteiger partial charge in [-0.05, 0) is 75.3 Å². The van der Waals surface area contributed by atoms with Crippen LogP contribution in [0.2, 0.25) is 0 Å². The number of hydrogen-bond acceptors (Lipinski definition) is 3. The van der Waals surface area contributed by atoms with Gasteiger partial charge in [-0.25, -0.2) is 0 Å². The van der Waals surface area contributed by atoms with Crippen molar-refractivity contribution < 1.29 is 4.79 Å². The van der Waals surface area contributed by atoms with Gasteiger partial charge in [0, 0.05) is 24.5 Å². The Kier molecular flexibility index (Phi) is 3.53. The van der Waals surface area contributed by atoms with Gasteiger partial charge < -0.3 is 4.90 Å². The van der Waals surface area contributed by atoms with E-state index in [0.717, 1.165) is 43.3 Å². The van der Waals surface area contributed by atoms with Gasteiger partial charge in [-0.3, -0.25) is 9.48 Å². The standard InChI is InChI=1S/C24H28N4O/c1-14(22-21-19(16-6-7-16)4-3-5-20(21)27(2)26-22)23(29)28-17-8-15-9-18(28)12-24(10-15,11-17)13-25/h3-5,14-18H,6-12H2,1-2H3. The number of benzene rings is 1. The highest BCUT2D eigenvalue weighted by molar-refractivity contribution is 5.93. The second kappa shape index (κ2) is 5.84. The number of rotatable bonds is 3. The van der Waals surface area contributed by atoms with Gasteiger partial charge in [0.2, 0.25) is 5.91 Å². The maximum absolute atomic E-state index is 13.8. The summed E-state index contributed by atoms with van der Waals surface area (Å²) in [5, 5.41) is 15.8. The van der Waals surface area contributed by atoms with E-state index in [9.17, 15) is 10.1 Å². The van der Waals surface area contributed by atoms with E-state index in [4.69, 9.17) is 5.10 Å². The zero-order chi connectivity index (χ0) is 19.9. The highest BCUT2D eigenvalue weighted by Crippen LogP contribution is 2.56. The number of nitriles is 1. The van der Waals surface area contributed by atoms with E-state index < -0.39 is 0 Å². The summed E-state index contributed by atoms with van der Waals surface area (Å²) in [7, 11) is 1.99. The molecule has 5 heteroatoms. The van der Waals surface area contributed by atoms with Crippen LogP contribution < -0.4 is 0 Å². The monoisotopic (exact) mass is 388 g/mol. The van der Waals surface area contributed by atoms with Crippen LogP contribution in [-0.2, 0) is 11.8 Å². The molecular formula is C24H28N4O. The van der Waals surface area contributed by atoms with Crippen LogP contribution >= 0.6 is 0 Å². The van der Waals surface area contributed by atoms with E-state index in [1.807, 2.05) is 18.7 Å². The molecule has 1 aromatic carbocycles. The molecule has 3 atom stereocenters. The molecule has 0 radical (unpaired) electrons. The van der Waals surface area contributed by atoms with Crippen LogP contribution in [0.1, 0.15) is 75.0 Å². The Labute approximate surface area is 171 Å². The molecule has 3 unspecified atom stereocenters. The highest BCUT2D eigenvalue weighted by Gasteiger charge is 2.56. The van der Waals surface area contributed by atoms with Gasteiger partial charge in [-0.1, -0.05) is 12.1 Å². The minimum absolute atomic E-state index is 0.173. The number of piperidine rings is 2. The summed E-state index contributed by atoms with van der Waals surface area (Å²) in [6.07, 6.45) is 7.41. The van der Waals surface area contributed by atoms with Gasteiger partial charge in [0.15, 0.2) is 0 Å². The number of amides is 1. The Morgan fingerprint density at radius 1 is 1.24 bits per heavy atom. The van der Waals surface area contributed by atoms with Crippen LogP contribution in [0.15, 0.2) is 18.2 Å². The molecule has 1 amide bonds. The lowest BCUT2D eigenvalue weighted by atomic mass is 9.56. The molecule has 150 valence electrons. The van der Waals surface area contributed by atoms with Crippen LogP contribution in [0.3, 0.4) is 0 Å². The molecule has 2 aromatic rings. The minimum atomic E-state index is -0.242. The predicted octanol–water partition coefficient (Wildman–Crippen LogP) is 4.24. The normalized spacial score (nSPS) is 33.8. The first-order valence-electron chi connectivity index (χ1n) is 11.2. The third kappa shape index (κ3) is 2.44. The number of carbonyl (C=O) groups excluding carboxylic acids is 1. The molecule has 3 heterocycles. The molecule has 29 heavy (non-hydrogen) atoms. The average Bonchev–Trinajstić information content (AvgIpc) is 3.50. The quantitative estimate of drug-likeness (QED) is 0.790. The van der Waals surface area contributed by atoms with Gasteiger partial charge in [0.1, 0.15) is 0 Å². The molecule has 3 saturated carbocycles. The Morgan fingerprint density at radius 2 is 1.97 bits per heavy atom. The second-order valence-corrected chi connectivity index (χ2v) is 10.1. The molecule has 5 fully saturated rings. The van der Waals surface area contributed by atoms with Crippen molar-refractivity contribution in [2.75, 3.05) is 0 Å². The molecule has 0 spiro atoms. The van der Waals surface area contributed by atoms with E-state index in [-0.39, 0.29) is 29.3 Å². The summed E-state index contributed by atoms with van der Waals surface area (Å²) in [6, 6.07) is 9.58. The van der Waals surface area contributed by atoms with Crippen molar-refractivity contribution in [3.8, 4) is 6.07 Å². The third-order valence-electron chi connectivity index (χ3n) is 8.16. The maximum atomic E-state index is 13.8. The van der Waals surface area contributed by atoms with Crippen LogP contribution in [0.5, 0.6) is 0 Å². The van der Waals surface area contributed by atoms with Gasteiger partial charge in [0.05, 0.1) is 28.6 Å². The zero-order valence-electron chi connectivity index (χ0n) is 17.3. The summed E-state index contributed by atoms with van der Waals surface area (Å²) in [4.78, 5) is 15.9. The zero-order valence-corrected chi connectivity index (χ0v) is 17.3. The van der Waals surface area contributed by atoms with Crippen molar-refractivity contribution >= 4 is 16.8 Å². The van der Waals surface area contributed by atoms with E-state index >= 15 is 0 Å². The molecule has 7 rings (SSSR count). The summed E-state index contributed by atoms with van der Waals surface area (Å²) in [5.74, 6) is 1.23. The lowest BCUT2D eigenvalue weighted by Gasteiger charge is -2.59. The average molecular weight is 389 g/mol. The smallest absolute Gasteiger partial charge is 0.232 e. The van der Waals surface area contributed by atoms with Crippen molar-refractivity contribution in [1.82, 2.24) is 14.7 Å². The molecular weight excluding hydrogens is 360 g/mol.